The van der Waals surface area contributed by atoms with E-state index in [2.05, 4.69) is 20.6 Å². The summed E-state index contributed by atoms with van der Waals surface area (Å²) >= 11 is 0. The van der Waals surface area contributed by atoms with E-state index in [4.69, 9.17) is 18.6 Å². The molecule has 138 valence electrons. The van der Waals surface area contributed by atoms with Crippen molar-refractivity contribution in [3.05, 3.63) is 30.7 Å². The zero-order valence-corrected chi connectivity index (χ0v) is 14.3. The quantitative estimate of drug-likeness (QED) is 0.824. The van der Waals surface area contributed by atoms with Gasteiger partial charge in [-0.15, -0.1) is 0 Å². The van der Waals surface area contributed by atoms with Gasteiger partial charge in [-0.25, -0.2) is 14.8 Å². The second kappa shape index (κ2) is 7.30. The molecule has 26 heavy (non-hydrogen) atoms. The lowest BCUT2D eigenvalue weighted by atomic mass is 10.1. The Balaban J connectivity index is 1.40. The minimum atomic E-state index is -0.462. The maximum absolute atomic E-state index is 11.6. The molecule has 0 spiro atoms. The summed E-state index contributed by atoms with van der Waals surface area (Å²) in [5, 5.41) is 5.85. The molecule has 0 aromatic carbocycles. The highest BCUT2D eigenvalue weighted by molar-refractivity contribution is 5.67. The van der Waals surface area contributed by atoms with Crippen molar-refractivity contribution in [1.29, 1.82) is 0 Å². The Morgan fingerprint density at radius 1 is 1.31 bits per heavy atom. The van der Waals surface area contributed by atoms with E-state index in [0.717, 1.165) is 0 Å². The number of ether oxygens (including phenoxy) is 3. The van der Waals surface area contributed by atoms with Crippen LogP contribution < -0.4 is 10.6 Å². The number of anilines is 1. The van der Waals surface area contributed by atoms with Gasteiger partial charge in [-0.1, -0.05) is 0 Å². The van der Waals surface area contributed by atoms with Gasteiger partial charge in [0.2, 0.25) is 5.95 Å². The molecule has 2 fully saturated rings. The van der Waals surface area contributed by atoms with Crippen molar-refractivity contribution in [2.75, 3.05) is 25.1 Å². The molecule has 0 aliphatic carbocycles. The van der Waals surface area contributed by atoms with Crippen LogP contribution in [0.4, 0.5) is 10.7 Å². The number of alkyl carbamates (subject to hydrolysis) is 1. The lowest BCUT2D eigenvalue weighted by Crippen LogP contribution is -2.39. The summed E-state index contributed by atoms with van der Waals surface area (Å²) in [4.78, 5) is 20.3. The van der Waals surface area contributed by atoms with Gasteiger partial charge < -0.3 is 29.3 Å². The second-order valence-corrected chi connectivity index (χ2v) is 6.06. The molecular formula is C17H20N4O5. The third-order valence-electron chi connectivity index (χ3n) is 4.33. The molecule has 2 aromatic rings. The van der Waals surface area contributed by atoms with Crippen molar-refractivity contribution in [1.82, 2.24) is 15.3 Å². The van der Waals surface area contributed by atoms with E-state index < -0.39 is 12.2 Å². The molecule has 9 heteroatoms. The smallest absolute Gasteiger partial charge is 0.407 e. The molecule has 2 aliphatic rings. The van der Waals surface area contributed by atoms with Crippen LogP contribution in [0.1, 0.15) is 6.92 Å². The van der Waals surface area contributed by atoms with Crippen LogP contribution in [0.5, 0.6) is 0 Å². The van der Waals surface area contributed by atoms with E-state index in [-0.39, 0.29) is 18.2 Å². The van der Waals surface area contributed by atoms with E-state index in [1.807, 2.05) is 13.0 Å². The van der Waals surface area contributed by atoms with Gasteiger partial charge in [0, 0.05) is 12.7 Å². The number of carbonyl (C=O) groups is 1. The summed E-state index contributed by atoms with van der Waals surface area (Å²) in [5.74, 6) is 1.13. The Morgan fingerprint density at radius 2 is 2.19 bits per heavy atom. The minimum Gasteiger partial charge on any atom is -0.463 e. The van der Waals surface area contributed by atoms with Crippen LogP contribution in [-0.2, 0) is 14.2 Å². The molecule has 2 aliphatic heterocycles. The molecule has 0 bridgehead atoms. The third-order valence-corrected chi connectivity index (χ3v) is 4.33. The summed E-state index contributed by atoms with van der Waals surface area (Å²) in [6, 6.07) is 5.29. The highest BCUT2D eigenvalue weighted by Crippen LogP contribution is 2.30. The Bertz CT molecular complexity index is 753. The molecule has 2 aromatic heterocycles. The molecule has 2 N–H and O–H groups in total. The van der Waals surface area contributed by atoms with Crippen molar-refractivity contribution < 1.29 is 23.4 Å². The molecular weight excluding hydrogens is 340 g/mol. The number of fused-ring (bicyclic) bond motifs is 1. The molecule has 0 radical (unpaired) electrons. The summed E-state index contributed by atoms with van der Waals surface area (Å²) in [6.45, 7) is 3.06. The van der Waals surface area contributed by atoms with Crippen LogP contribution in [-0.4, -0.2) is 60.2 Å². The van der Waals surface area contributed by atoms with Gasteiger partial charge in [0.25, 0.3) is 0 Å². The zero-order valence-electron chi connectivity index (χ0n) is 14.3. The van der Waals surface area contributed by atoms with Gasteiger partial charge in [0.1, 0.15) is 17.9 Å². The first-order chi connectivity index (χ1) is 12.7. The van der Waals surface area contributed by atoms with Gasteiger partial charge in [-0.2, -0.15) is 0 Å². The largest absolute Gasteiger partial charge is 0.463 e. The number of furan rings is 1. The predicted octanol–water partition coefficient (Wildman–Crippen LogP) is 1.43. The Morgan fingerprint density at radius 3 is 3.00 bits per heavy atom. The first-order valence-corrected chi connectivity index (χ1v) is 8.55. The van der Waals surface area contributed by atoms with Crippen LogP contribution in [0.3, 0.4) is 0 Å². The van der Waals surface area contributed by atoms with Gasteiger partial charge >= 0.3 is 6.09 Å². The SMILES string of the molecule is CCNC(=O)O[C@H]1CO[C@@H]2[C@@H]1OC[C@@H]2Nc1nccc(-c2ccco2)n1. The highest BCUT2D eigenvalue weighted by atomic mass is 16.6. The number of carbonyl (C=O) groups excluding carboxylic acids is 1. The van der Waals surface area contributed by atoms with Crippen molar-refractivity contribution in [2.24, 2.45) is 0 Å². The summed E-state index contributed by atoms with van der Waals surface area (Å²) in [7, 11) is 0. The monoisotopic (exact) mass is 360 g/mol. The topological polar surface area (TPSA) is 108 Å². The van der Waals surface area contributed by atoms with Crippen LogP contribution in [0.15, 0.2) is 35.1 Å². The van der Waals surface area contributed by atoms with Crippen molar-refractivity contribution >= 4 is 12.0 Å². The van der Waals surface area contributed by atoms with Gasteiger partial charge in [0.15, 0.2) is 11.9 Å². The lowest BCUT2D eigenvalue weighted by Gasteiger charge is -2.18. The van der Waals surface area contributed by atoms with E-state index in [1.54, 1.807) is 24.6 Å². The van der Waals surface area contributed by atoms with Gasteiger partial charge in [0.05, 0.1) is 25.5 Å². The fourth-order valence-electron chi connectivity index (χ4n) is 3.17. The fraction of sp³-hybridized carbons (Fsp3) is 0.471. The maximum atomic E-state index is 11.6. The number of hydrogen-bond donors (Lipinski definition) is 2. The van der Waals surface area contributed by atoms with Crippen LogP contribution in [0.25, 0.3) is 11.5 Å². The van der Waals surface area contributed by atoms with Crippen molar-refractivity contribution in [3.8, 4) is 11.5 Å². The first-order valence-electron chi connectivity index (χ1n) is 8.55. The van der Waals surface area contributed by atoms with Crippen molar-refractivity contribution in [3.63, 3.8) is 0 Å². The van der Waals surface area contributed by atoms with Crippen LogP contribution >= 0.6 is 0 Å². The zero-order chi connectivity index (χ0) is 17.9. The van der Waals surface area contributed by atoms with E-state index in [0.29, 0.717) is 37.2 Å². The third kappa shape index (κ3) is 3.35. The summed E-state index contributed by atoms with van der Waals surface area (Å²) in [5.41, 5.74) is 0.688. The number of amides is 1. The number of aromatic nitrogens is 2. The Hall–Kier alpha value is -2.65. The second-order valence-electron chi connectivity index (χ2n) is 6.06. The average molecular weight is 360 g/mol. The fourth-order valence-corrected chi connectivity index (χ4v) is 3.17. The molecule has 4 atom stereocenters. The Kier molecular flexibility index (Phi) is 4.72. The molecule has 4 rings (SSSR count). The number of nitrogens with zero attached hydrogens (tertiary/aromatic N) is 2. The van der Waals surface area contributed by atoms with Crippen LogP contribution in [0.2, 0.25) is 0 Å². The summed E-state index contributed by atoms with van der Waals surface area (Å²) < 4.78 is 22.3. The normalized spacial score (nSPS) is 27.1. The minimum absolute atomic E-state index is 0.130. The number of hydrogen-bond acceptors (Lipinski definition) is 8. The molecule has 0 unspecified atom stereocenters. The predicted molar refractivity (Wildman–Crippen MR) is 90.6 cm³/mol. The van der Waals surface area contributed by atoms with Crippen molar-refractivity contribution in [2.45, 2.75) is 31.3 Å². The summed E-state index contributed by atoms with van der Waals surface area (Å²) in [6.07, 6.45) is 1.84. The van der Waals surface area contributed by atoms with Gasteiger partial charge in [-0.05, 0) is 25.1 Å². The van der Waals surface area contributed by atoms with Crippen LogP contribution in [0, 0.1) is 0 Å². The van der Waals surface area contributed by atoms with E-state index in [9.17, 15) is 4.79 Å². The first kappa shape index (κ1) is 16.8. The number of rotatable bonds is 5. The van der Waals surface area contributed by atoms with E-state index >= 15 is 0 Å². The molecule has 0 saturated carbocycles. The molecule has 9 nitrogen and oxygen atoms in total. The Labute approximate surface area is 150 Å². The number of nitrogens with one attached hydrogen (secondary N) is 2. The maximum Gasteiger partial charge on any atom is 0.407 e. The van der Waals surface area contributed by atoms with Gasteiger partial charge in [-0.3, -0.25) is 0 Å². The molecule has 2 saturated heterocycles. The molecule has 4 heterocycles. The average Bonchev–Trinajstić information content (AvgIpc) is 3.36. The molecule has 1 amide bonds. The van der Waals surface area contributed by atoms with E-state index in [1.165, 1.54) is 0 Å². The lowest BCUT2D eigenvalue weighted by molar-refractivity contribution is 0.00462. The highest BCUT2D eigenvalue weighted by Gasteiger charge is 2.49. The standard InChI is InChI=1S/C17H20N4O5/c1-2-18-17(22)26-13-9-25-14-11(8-24-15(13)14)21-16-19-6-5-10(20-16)12-4-3-7-23-12/h3-7,11,13-15H,2,8-9H2,1H3,(H,18,22)(H,19,20,21)/t11-,13-,14-,15+/m0/s1.